The first-order valence-corrected chi connectivity index (χ1v) is 6.12. The maximum absolute atomic E-state index is 12.6. The van der Waals surface area contributed by atoms with Crippen molar-refractivity contribution < 1.29 is 13.2 Å². The summed E-state index contributed by atoms with van der Waals surface area (Å²) in [6, 6.07) is 3.49. The quantitative estimate of drug-likeness (QED) is 0.884. The number of anilines is 1. The number of halogens is 4. The lowest BCUT2D eigenvalue weighted by molar-refractivity contribution is -0.137. The van der Waals surface area contributed by atoms with Crippen molar-refractivity contribution >= 4 is 17.3 Å². The third kappa shape index (κ3) is 3.29. The lowest BCUT2D eigenvalue weighted by Gasteiger charge is -2.19. The first-order chi connectivity index (χ1) is 8.40. The number of rotatable bonds is 4. The van der Waals surface area contributed by atoms with Crippen molar-refractivity contribution in [1.29, 1.82) is 0 Å². The van der Waals surface area contributed by atoms with Gasteiger partial charge >= 0.3 is 6.18 Å². The van der Waals surface area contributed by atoms with Crippen LogP contribution in [0.3, 0.4) is 0 Å². The summed E-state index contributed by atoms with van der Waals surface area (Å²) in [5.74, 6) is 0.461. The van der Waals surface area contributed by atoms with Gasteiger partial charge in [-0.1, -0.05) is 11.6 Å². The van der Waals surface area contributed by atoms with E-state index in [1.165, 1.54) is 6.07 Å². The Morgan fingerprint density at radius 1 is 1.33 bits per heavy atom. The number of nitrogens with two attached hydrogens (primary N) is 1. The van der Waals surface area contributed by atoms with Gasteiger partial charge in [0.15, 0.2) is 0 Å². The molecule has 0 spiro atoms. The van der Waals surface area contributed by atoms with Crippen LogP contribution >= 0.6 is 11.6 Å². The SMILES string of the molecule is NCC(Nc1cc(Cl)cc(C(F)(F)F)c1)C1CC1. The second kappa shape index (κ2) is 4.97. The second-order valence-electron chi connectivity index (χ2n) is 4.55. The van der Waals surface area contributed by atoms with Crippen molar-refractivity contribution in [3.8, 4) is 0 Å². The summed E-state index contributed by atoms with van der Waals surface area (Å²) in [6.07, 6.45) is -2.25. The van der Waals surface area contributed by atoms with Gasteiger partial charge in [-0.2, -0.15) is 13.2 Å². The molecule has 3 N–H and O–H groups in total. The van der Waals surface area contributed by atoms with E-state index in [0.29, 0.717) is 18.2 Å². The fourth-order valence-corrected chi connectivity index (χ4v) is 2.15. The molecule has 0 aromatic heterocycles. The number of hydrogen-bond donors (Lipinski definition) is 2. The van der Waals surface area contributed by atoms with E-state index in [-0.39, 0.29) is 11.1 Å². The topological polar surface area (TPSA) is 38.0 Å². The minimum absolute atomic E-state index is 0.0181. The summed E-state index contributed by atoms with van der Waals surface area (Å²) in [6.45, 7) is 0.401. The number of alkyl halides is 3. The number of nitrogens with one attached hydrogen (secondary N) is 1. The van der Waals surface area contributed by atoms with Gasteiger partial charge in [0, 0.05) is 23.3 Å². The zero-order valence-electron chi connectivity index (χ0n) is 9.60. The summed E-state index contributed by atoms with van der Waals surface area (Å²) in [5.41, 5.74) is 5.23. The van der Waals surface area contributed by atoms with E-state index in [4.69, 9.17) is 17.3 Å². The fraction of sp³-hybridized carbons (Fsp3) is 0.500. The van der Waals surface area contributed by atoms with Gasteiger partial charge in [-0.15, -0.1) is 0 Å². The molecule has 2 rings (SSSR count). The Kier molecular flexibility index (Phi) is 3.73. The predicted molar refractivity (Wildman–Crippen MR) is 65.6 cm³/mol. The van der Waals surface area contributed by atoms with E-state index in [9.17, 15) is 13.2 Å². The molecule has 1 atom stereocenters. The number of benzene rings is 1. The molecule has 0 saturated heterocycles. The molecule has 1 aromatic rings. The smallest absolute Gasteiger partial charge is 0.381 e. The molecule has 0 radical (unpaired) electrons. The molecule has 2 nitrogen and oxygen atoms in total. The maximum atomic E-state index is 12.6. The van der Waals surface area contributed by atoms with E-state index >= 15 is 0 Å². The minimum atomic E-state index is -4.39. The molecule has 0 heterocycles. The molecule has 1 unspecified atom stereocenters. The van der Waals surface area contributed by atoms with Crippen LogP contribution < -0.4 is 11.1 Å². The van der Waals surface area contributed by atoms with Gasteiger partial charge < -0.3 is 11.1 Å². The molecule has 0 amide bonds. The van der Waals surface area contributed by atoms with E-state index in [2.05, 4.69) is 5.32 Å². The summed E-state index contributed by atoms with van der Waals surface area (Å²) in [5, 5.41) is 3.10. The van der Waals surface area contributed by atoms with E-state index in [1.807, 2.05) is 0 Å². The fourth-order valence-electron chi connectivity index (χ4n) is 1.92. The molecule has 1 saturated carbocycles. The Hall–Kier alpha value is -0.940. The van der Waals surface area contributed by atoms with E-state index in [0.717, 1.165) is 25.0 Å². The lowest BCUT2D eigenvalue weighted by Crippen LogP contribution is -2.30. The van der Waals surface area contributed by atoms with Gasteiger partial charge in [0.2, 0.25) is 0 Å². The van der Waals surface area contributed by atoms with E-state index in [1.54, 1.807) is 0 Å². The standard InChI is InChI=1S/C12H14ClF3N2/c13-9-3-8(12(14,15)16)4-10(5-9)18-11(6-17)7-1-2-7/h3-5,7,11,18H,1-2,6,17H2. The highest BCUT2D eigenvalue weighted by atomic mass is 35.5. The van der Waals surface area contributed by atoms with Crippen molar-refractivity contribution in [3.05, 3.63) is 28.8 Å². The van der Waals surface area contributed by atoms with Crippen molar-refractivity contribution in [2.45, 2.75) is 25.1 Å². The molecule has 6 heteroatoms. The van der Waals surface area contributed by atoms with Crippen molar-refractivity contribution in [2.24, 2.45) is 11.7 Å². The average molecular weight is 279 g/mol. The highest BCUT2D eigenvalue weighted by Gasteiger charge is 2.33. The third-order valence-electron chi connectivity index (χ3n) is 3.02. The highest BCUT2D eigenvalue weighted by molar-refractivity contribution is 6.30. The Balaban J connectivity index is 2.19. The summed E-state index contributed by atoms with van der Waals surface area (Å²) < 4.78 is 37.9. The summed E-state index contributed by atoms with van der Waals surface area (Å²) >= 11 is 5.71. The van der Waals surface area contributed by atoms with Crippen LogP contribution in [0.4, 0.5) is 18.9 Å². The largest absolute Gasteiger partial charge is 0.416 e. The molecule has 1 aliphatic rings. The predicted octanol–water partition coefficient (Wildman–Crippen LogP) is 3.51. The van der Waals surface area contributed by atoms with Crippen LogP contribution in [0.15, 0.2) is 18.2 Å². The van der Waals surface area contributed by atoms with Crippen molar-refractivity contribution in [1.82, 2.24) is 0 Å². The van der Waals surface area contributed by atoms with Gasteiger partial charge in [0.05, 0.1) is 5.56 Å². The summed E-state index contributed by atoms with van der Waals surface area (Å²) in [7, 11) is 0. The van der Waals surface area contributed by atoms with Crippen LogP contribution in [-0.4, -0.2) is 12.6 Å². The van der Waals surface area contributed by atoms with Gasteiger partial charge in [-0.05, 0) is 37.0 Å². The van der Waals surface area contributed by atoms with Gasteiger partial charge in [0.25, 0.3) is 0 Å². The van der Waals surface area contributed by atoms with E-state index < -0.39 is 11.7 Å². The zero-order chi connectivity index (χ0) is 13.3. The van der Waals surface area contributed by atoms with Crippen LogP contribution in [0, 0.1) is 5.92 Å². The van der Waals surface area contributed by atoms with Crippen LogP contribution in [-0.2, 0) is 6.18 Å². The molecule has 100 valence electrons. The monoisotopic (exact) mass is 278 g/mol. The molecule has 1 aromatic carbocycles. The number of hydrogen-bond acceptors (Lipinski definition) is 2. The van der Waals surface area contributed by atoms with Crippen LogP contribution in [0.25, 0.3) is 0 Å². The van der Waals surface area contributed by atoms with Crippen LogP contribution in [0.5, 0.6) is 0 Å². The van der Waals surface area contributed by atoms with Gasteiger partial charge in [-0.3, -0.25) is 0 Å². The Morgan fingerprint density at radius 3 is 2.50 bits per heavy atom. The van der Waals surface area contributed by atoms with Gasteiger partial charge in [-0.25, -0.2) is 0 Å². The Bertz CT molecular complexity index is 430. The van der Waals surface area contributed by atoms with Crippen molar-refractivity contribution in [2.75, 3.05) is 11.9 Å². The maximum Gasteiger partial charge on any atom is 0.416 e. The van der Waals surface area contributed by atoms with Crippen molar-refractivity contribution in [3.63, 3.8) is 0 Å². The molecule has 0 bridgehead atoms. The minimum Gasteiger partial charge on any atom is -0.381 e. The highest BCUT2D eigenvalue weighted by Crippen LogP contribution is 2.36. The second-order valence-corrected chi connectivity index (χ2v) is 4.99. The zero-order valence-corrected chi connectivity index (χ0v) is 10.4. The molecule has 1 aliphatic carbocycles. The molecule has 1 fully saturated rings. The van der Waals surface area contributed by atoms with Gasteiger partial charge in [0.1, 0.15) is 0 Å². The molecule has 0 aliphatic heterocycles. The Morgan fingerprint density at radius 2 is 2.00 bits per heavy atom. The third-order valence-corrected chi connectivity index (χ3v) is 3.24. The van der Waals surface area contributed by atoms with Crippen LogP contribution in [0.1, 0.15) is 18.4 Å². The van der Waals surface area contributed by atoms with Crippen LogP contribution in [0.2, 0.25) is 5.02 Å². The average Bonchev–Trinajstić information content (AvgIpc) is 3.07. The molecular weight excluding hydrogens is 265 g/mol. The summed E-state index contributed by atoms with van der Waals surface area (Å²) in [4.78, 5) is 0. The first-order valence-electron chi connectivity index (χ1n) is 5.74. The Labute approximate surface area is 108 Å². The molecular formula is C12H14ClF3N2. The normalized spacial score (nSPS) is 17.6. The lowest BCUT2D eigenvalue weighted by atomic mass is 10.1. The first kappa shape index (κ1) is 13.5. The molecule has 18 heavy (non-hydrogen) atoms.